The molecule has 152 valence electrons. The average Bonchev–Trinajstić information content (AvgIpc) is 3.45. The quantitative estimate of drug-likeness (QED) is 0.487. The van der Waals surface area contributed by atoms with E-state index in [0.717, 1.165) is 22.4 Å². The third kappa shape index (κ3) is 3.88. The summed E-state index contributed by atoms with van der Waals surface area (Å²) in [5.41, 5.74) is 2.83. The molecule has 0 atom stereocenters. The molecule has 0 fully saturated rings. The molecule has 0 unspecified atom stereocenters. The first kappa shape index (κ1) is 19.3. The maximum absolute atomic E-state index is 12.7. The van der Waals surface area contributed by atoms with Gasteiger partial charge in [0, 0.05) is 0 Å². The Morgan fingerprint density at radius 1 is 1.13 bits per heavy atom. The van der Waals surface area contributed by atoms with Crippen LogP contribution < -0.4 is 14.8 Å². The number of amides is 1. The summed E-state index contributed by atoms with van der Waals surface area (Å²) in [7, 11) is 3.16. The number of aromatic nitrogens is 3. The summed E-state index contributed by atoms with van der Waals surface area (Å²) in [5, 5.41) is 10.8. The highest BCUT2D eigenvalue weighted by Gasteiger charge is 2.19. The molecule has 0 saturated heterocycles. The predicted octanol–water partition coefficient (Wildman–Crippen LogP) is 3.67. The molecule has 2 aromatic heterocycles. The van der Waals surface area contributed by atoms with Crippen LogP contribution in [0.15, 0.2) is 53.3 Å². The zero-order valence-electron chi connectivity index (χ0n) is 16.5. The van der Waals surface area contributed by atoms with Gasteiger partial charge >= 0.3 is 0 Å². The van der Waals surface area contributed by atoms with Crippen LogP contribution in [0, 0.1) is 0 Å². The normalized spacial score (nSPS) is 11.1. The van der Waals surface area contributed by atoms with Gasteiger partial charge in [0.05, 0.1) is 49.1 Å². The minimum Gasteiger partial charge on any atom is -0.497 e. The number of carbonyl (C=O) groups is 1. The van der Waals surface area contributed by atoms with E-state index in [4.69, 9.17) is 13.9 Å². The Morgan fingerprint density at radius 3 is 2.67 bits per heavy atom. The first-order chi connectivity index (χ1) is 14.7. The van der Waals surface area contributed by atoms with Gasteiger partial charge < -0.3 is 19.2 Å². The van der Waals surface area contributed by atoms with Gasteiger partial charge in [-0.3, -0.25) is 9.89 Å². The molecule has 0 saturated carbocycles. The van der Waals surface area contributed by atoms with Crippen LogP contribution in [0.1, 0.15) is 27.5 Å². The smallest absolute Gasteiger partial charge is 0.255 e. The number of hydrogen-bond acceptors (Lipinski definition) is 6. The van der Waals surface area contributed by atoms with Crippen molar-refractivity contribution in [2.75, 3.05) is 14.2 Å². The maximum Gasteiger partial charge on any atom is 0.255 e. The number of methoxy groups -OCH3 is 2. The molecule has 2 aromatic carbocycles. The molecule has 2 N–H and O–H groups in total. The van der Waals surface area contributed by atoms with E-state index < -0.39 is 0 Å². The topological polar surface area (TPSA) is 102 Å². The van der Waals surface area contributed by atoms with E-state index in [0.29, 0.717) is 22.7 Å². The van der Waals surface area contributed by atoms with Crippen molar-refractivity contribution in [1.82, 2.24) is 20.5 Å². The van der Waals surface area contributed by atoms with Gasteiger partial charge in [-0.1, -0.05) is 18.2 Å². The molecular weight excluding hydrogens is 384 g/mol. The van der Waals surface area contributed by atoms with Gasteiger partial charge in [-0.05, 0) is 35.9 Å². The molecule has 0 aliphatic heterocycles. The molecule has 8 heteroatoms. The lowest BCUT2D eigenvalue weighted by atomic mass is 10.1. The van der Waals surface area contributed by atoms with Crippen molar-refractivity contribution in [2.45, 2.75) is 6.54 Å². The van der Waals surface area contributed by atoms with Crippen molar-refractivity contribution in [3.05, 3.63) is 71.6 Å². The Morgan fingerprint density at radius 2 is 1.97 bits per heavy atom. The number of oxazole rings is 1. The number of benzene rings is 2. The van der Waals surface area contributed by atoms with Crippen LogP contribution in [0.2, 0.25) is 0 Å². The first-order valence-electron chi connectivity index (χ1n) is 9.23. The Hall–Kier alpha value is -4.07. The number of fused-ring (bicyclic) bond motifs is 1. The zero-order chi connectivity index (χ0) is 20.9. The Balaban J connectivity index is 1.63. The third-order valence-corrected chi connectivity index (χ3v) is 4.59. The summed E-state index contributed by atoms with van der Waals surface area (Å²) in [5.74, 6) is 1.37. The highest BCUT2D eigenvalue weighted by atomic mass is 16.5. The molecule has 8 nitrogen and oxygen atoms in total. The summed E-state index contributed by atoms with van der Waals surface area (Å²) in [6.07, 6.45) is 6.83. The predicted molar refractivity (Wildman–Crippen MR) is 112 cm³/mol. The first-order valence-corrected chi connectivity index (χ1v) is 9.23. The highest BCUT2D eigenvalue weighted by molar-refractivity contribution is 6.05. The van der Waals surface area contributed by atoms with E-state index in [2.05, 4.69) is 20.5 Å². The monoisotopic (exact) mass is 404 g/mol. The highest BCUT2D eigenvalue weighted by Crippen LogP contribution is 2.32. The molecule has 0 spiro atoms. The van der Waals surface area contributed by atoms with E-state index >= 15 is 0 Å². The van der Waals surface area contributed by atoms with Crippen LogP contribution >= 0.6 is 0 Å². The van der Waals surface area contributed by atoms with Crippen molar-refractivity contribution < 1.29 is 18.7 Å². The van der Waals surface area contributed by atoms with E-state index in [-0.39, 0.29) is 12.5 Å². The minimum absolute atomic E-state index is 0.183. The molecule has 0 bridgehead atoms. The second kappa shape index (κ2) is 8.52. The fraction of sp³-hybridized carbons (Fsp3) is 0.136. The molecule has 4 aromatic rings. The second-order valence-electron chi connectivity index (χ2n) is 6.39. The third-order valence-electron chi connectivity index (χ3n) is 4.59. The fourth-order valence-corrected chi connectivity index (χ4v) is 3.10. The summed E-state index contributed by atoms with van der Waals surface area (Å²) in [6, 6.07) is 11.1. The molecule has 0 aliphatic rings. The lowest BCUT2D eigenvalue weighted by Crippen LogP contribution is -2.23. The van der Waals surface area contributed by atoms with Crippen molar-refractivity contribution in [1.29, 1.82) is 0 Å². The summed E-state index contributed by atoms with van der Waals surface area (Å²) >= 11 is 0. The van der Waals surface area contributed by atoms with Crippen molar-refractivity contribution in [2.24, 2.45) is 0 Å². The molecule has 2 heterocycles. The standard InChI is InChI=1S/C22H20N4O4/c1-28-15-6-3-14(4-7-15)5-9-17-20-18(26-25-17)10-8-16(21(20)29-2)22(27)24-13-19-23-11-12-30-19/h3-12H,13H2,1-2H3,(H,24,27)(H,25,26)/b9-5+. The molecule has 4 rings (SSSR count). The van der Waals surface area contributed by atoms with E-state index in [1.807, 2.05) is 36.4 Å². The summed E-state index contributed by atoms with van der Waals surface area (Å²) in [4.78, 5) is 16.7. The molecule has 0 radical (unpaired) electrons. The van der Waals surface area contributed by atoms with Crippen molar-refractivity contribution in [3.8, 4) is 11.5 Å². The van der Waals surface area contributed by atoms with Gasteiger partial charge in [-0.15, -0.1) is 0 Å². The molecule has 1 amide bonds. The van der Waals surface area contributed by atoms with Crippen LogP contribution in [0.5, 0.6) is 11.5 Å². The van der Waals surface area contributed by atoms with Crippen molar-refractivity contribution >= 4 is 29.0 Å². The Bertz CT molecular complexity index is 1180. The van der Waals surface area contributed by atoms with E-state index in [9.17, 15) is 4.79 Å². The van der Waals surface area contributed by atoms with Gasteiger partial charge in [-0.2, -0.15) is 5.10 Å². The van der Waals surface area contributed by atoms with Crippen LogP contribution in [-0.2, 0) is 6.54 Å². The number of rotatable bonds is 7. The van der Waals surface area contributed by atoms with Crippen LogP contribution in [0.25, 0.3) is 23.1 Å². The SMILES string of the molecule is COc1ccc(/C=C/c2[nH]nc3ccc(C(=O)NCc4ncco4)c(OC)c23)cc1. The summed E-state index contributed by atoms with van der Waals surface area (Å²) in [6.45, 7) is 0.183. The van der Waals surface area contributed by atoms with Crippen LogP contribution in [0.4, 0.5) is 0 Å². The largest absolute Gasteiger partial charge is 0.497 e. The number of aromatic amines is 1. The number of nitrogens with zero attached hydrogens (tertiary/aromatic N) is 2. The average molecular weight is 404 g/mol. The number of H-pyrrole nitrogens is 1. The lowest BCUT2D eigenvalue weighted by molar-refractivity contribution is 0.0944. The van der Waals surface area contributed by atoms with E-state index in [1.54, 1.807) is 19.2 Å². The number of carbonyl (C=O) groups excluding carboxylic acids is 1. The van der Waals surface area contributed by atoms with Gasteiger partial charge in [0.1, 0.15) is 17.8 Å². The Labute approximate surface area is 172 Å². The Kier molecular flexibility index (Phi) is 5.47. The maximum atomic E-state index is 12.7. The zero-order valence-corrected chi connectivity index (χ0v) is 16.5. The van der Waals surface area contributed by atoms with Crippen LogP contribution in [-0.4, -0.2) is 35.3 Å². The second-order valence-corrected chi connectivity index (χ2v) is 6.39. The van der Waals surface area contributed by atoms with Gasteiger partial charge in [0.2, 0.25) is 5.89 Å². The van der Waals surface area contributed by atoms with Crippen molar-refractivity contribution in [3.63, 3.8) is 0 Å². The molecule has 0 aliphatic carbocycles. The number of hydrogen-bond donors (Lipinski definition) is 2. The lowest BCUT2D eigenvalue weighted by Gasteiger charge is -2.10. The van der Waals surface area contributed by atoms with Gasteiger partial charge in [-0.25, -0.2) is 4.98 Å². The number of ether oxygens (including phenoxy) is 2. The van der Waals surface area contributed by atoms with Crippen LogP contribution in [0.3, 0.4) is 0 Å². The number of nitrogens with one attached hydrogen (secondary N) is 2. The molecule has 30 heavy (non-hydrogen) atoms. The summed E-state index contributed by atoms with van der Waals surface area (Å²) < 4.78 is 15.9. The van der Waals surface area contributed by atoms with E-state index in [1.165, 1.54) is 19.6 Å². The van der Waals surface area contributed by atoms with Gasteiger partial charge in [0.15, 0.2) is 0 Å². The molecular formula is C22H20N4O4. The van der Waals surface area contributed by atoms with Gasteiger partial charge in [0.25, 0.3) is 5.91 Å². The fourth-order valence-electron chi connectivity index (χ4n) is 3.10. The minimum atomic E-state index is -0.293.